The summed E-state index contributed by atoms with van der Waals surface area (Å²) in [5, 5.41) is -7.50. The average molecular weight is 829 g/mol. The fourth-order valence-corrected chi connectivity index (χ4v) is 6.76. The second-order valence-corrected chi connectivity index (χ2v) is 12.4. The van der Waals surface area contributed by atoms with E-state index in [-0.39, 0.29) is 12.6 Å². The van der Waals surface area contributed by atoms with E-state index < -0.39 is 180 Å². The number of benzene rings is 4. The smallest absolute Gasteiger partial charge is 0.198 e. The van der Waals surface area contributed by atoms with Gasteiger partial charge in [-0.05, 0) is 13.0 Å². The standard InChI is InChI=1S/C34H10F15N9/c1-2-50-26-12-9(17(40)24(47)25(26)48)30-52-27-4-3-5(35)13(36)14(37)6(4)28(51-27)56-33-10-11(19(42)23(46)22(45)18(10)41)34(58(33)49)57-31-8-7(29(53-31)54-32(12)55-30)15(38)20(43)21(44)16(8)39/h3,50H,2H2,1H3,(H3,51,52,53,54,55,56,57). The summed E-state index contributed by atoms with van der Waals surface area (Å²) in [6, 6.07) is 0.271. The molecule has 9 rings (SSSR count). The molecule has 4 aromatic heterocycles. The second kappa shape index (κ2) is 12.2. The topological polar surface area (TPSA) is 114 Å². The maximum absolute atomic E-state index is 16.5. The van der Waals surface area contributed by atoms with Crippen molar-refractivity contribution < 1.29 is 65.9 Å². The molecule has 8 aromatic rings. The van der Waals surface area contributed by atoms with Gasteiger partial charge in [-0.15, -0.1) is 4.79 Å². The first-order valence-electron chi connectivity index (χ1n) is 15.9. The zero-order valence-electron chi connectivity index (χ0n) is 27.7. The largest absolute Gasteiger partial charge is 0.382 e. The zero-order valence-corrected chi connectivity index (χ0v) is 27.7. The van der Waals surface area contributed by atoms with E-state index in [2.05, 4.69) is 35.3 Å². The van der Waals surface area contributed by atoms with Crippen LogP contribution in [0.25, 0.3) is 43.1 Å². The predicted octanol–water partition coefficient (Wildman–Crippen LogP) is 8.32. The molecule has 0 unspecified atom stereocenters. The molecule has 9 nitrogen and oxygen atoms in total. The number of halogens is 15. The molecule has 0 saturated heterocycles. The number of hydrogen-bond acceptors (Lipinski definition) is 5. The van der Waals surface area contributed by atoms with Gasteiger partial charge in [-0.2, -0.15) is 0 Å². The third kappa shape index (κ3) is 4.64. The summed E-state index contributed by atoms with van der Waals surface area (Å²) in [6.07, 6.45) is 0. The molecule has 1 aliphatic rings. The zero-order chi connectivity index (χ0) is 41.5. The lowest BCUT2D eigenvalue weighted by molar-refractivity contribution is 0.339. The molecule has 5 heterocycles. The Balaban J connectivity index is 1.63. The fourth-order valence-electron chi connectivity index (χ4n) is 6.76. The Kier molecular flexibility index (Phi) is 7.73. The van der Waals surface area contributed by atoms with E-state index in [0.717, 1.165) is 0 Å². The molecule has 0 atom stereocenters. The molecule has 24 heteroatoms. The molecule has 1 aliphatic heterocycles. The van der Waals surface area contributed by atoms with Crippen molar-refractivity contribution in [3.8, 4) is 0 Å². The molecule has 4 aromatic carbocycles. The van der Waals surface area contributed by atoms with Crippen molar-refractivity contribution in [1.29, 1.82) is 0 Å². The maximum atomic E-state index is 16.5. The number of nitrogens with one attached hydrogen (secondary N) is 4. The maximum Gasteiger partial charge on any atom is 0.198 e. The van der Waals surface area contributed by atoms with Crippen molar-refractivity contribution in [2.24, 2.45) is 20.0 Å². The Morgan fingerprint density at radius 2 is 0.862 bits per heavy atom. The molecule has 4 N–H and O–H groups in total. The van der Waals surface area contributed by atoms with Crippen molar-refractivity contribution in [2.75, 3.05) is 11.9 Å². The molecule has 0 aliphatic carbocycles. The third-order valence-electron chi connectivity index (χ3n) is 9.23. The molecule has 58 heavy (non-hydrogen) atoms. The van der Waals surface area contributed by atoms with Gasteiger partial charge in [-0.25, -0.2) is 81.4 Å². The first-order chi connectivity index (χ1) is 27.5. The molecular weight excluding hydrogens is 819 g/mol. The van der Waals surface area contributed by atoms with Crippen molar-refractivity contribution in [3.05, 3.63) is 109 Å². The molecule has 0 fully saturated rings. The minimum atomic E-state index is -2.58. The van der Waals surface area contributed by atoms with Crippen molar-refractivity contribution in [2.45, 2.75) is 6.92 Å². The predicted molar refractivity (Wildman–Crippen MR) is 170 cm³/mol. The highest BCUT2D eigenvalue weighted by molar-refractivity contribution is 6.02. The average Bonchev–Trinajstić information content (AvgIpc) is 3.91. The van der Waals surface area contributed by atoms with Crippen molar-refractivity contribution >= 4 is 72.0 Å². The van der Waals surface area contributed by atoms with Gasteiger partial charge < -0.3 is 20.3 Å². The molecular formula is C34H10F15N9. The van der Waals surface area contributed by atoms with Crippen LogP contribution in [-0.2, 0) is 0 Å². The fraction of sp³-hybridized carbons (Fsp3) is 0.0588. The summed E-state index contributed by atoms with van der Waals surface area (Å²) in [6.45, 7) is 1.15. The number of H-pyrrole nitrogens is 3. The summed E-state index contributed by atoms with van der Waals surface area (Å²) >= 11 is 0. The lowest BCUT2D eigenvalue weighted by Gasteiger charge is -2.08. The van der Waals surface area contributed by atoms with Crippen LogP contribution in [0.4, 0.5) is 94.9 Å². The van der Waals surface area contributed by atoms with E-state index in [9.17, 15) is 26.3 Å². The quantitative estimate of drug-likeness (QED) is 0.0785. The Labute approximate surface area is 306 Å². The molecule has 0 radical (unpaired) electrons. The minimum Gasteiger partial charge on any atom is -0.382 e. The lowest BCUT2D eigenvalue weighted by atomic mass is 10.1. The molecule has 0 spiro atoms. The van der Waals surface area contributed by atoms with E-state index in [1.165, 1.54) is 6.92 Å². The summed E-state index contributed by atoms with van der Waals surface area (Å²) in [5.74, 6) is -36.2. The van der Waals surface area contributed by atoms with Crippen LogP contribution in [0.1, 0.15) is 6.92 Å². The Morgan fingerprint density at radius 3 is 1.41 bits per heavy atom. The number of hydrogen-bond donors (Lipinski definition) is 4. The first-order valence-corrected chi connectivity index (χ1v) is 15.9. The van der Waals surface area contributed by atoms with Crippen molar-refractivity contribution in [3.63, 3.8) is 0 Å². The van der Waals surface area contributed by atoms with Crippen LogP contribution in [-0.4, -0.2) is 26.3 Å². The third-order valence-corrected chi connectivity index (χ3v) is 9.23. The van der Waals surface area contributed by atoms with Crippen LogP contribution in [0.2, 0.25) is 0 Å². The van der Waals surface area contributed by atoms with Crippen LogP contribution in [0.15, 0.2) is 26.0 Å². The van der Waals surface area contributed by atoms with Crippen LogP contribution >= 0.6 is 0 Å². The van der Waals surface area contributed by atoms with Gasteiger partial charge in [0.15, 0.2) is 92.4 Å². The van der Waals surface area contributed by atoms with Crippen LogP contribution < -0.4 is 27.3 Å². The first kappa shape index (κ1) is 36.6. The van der Waals surface area contributed by atoms with Crippen LogP contribution in [0.3, 0.4) is 0 Å². The van der Waals surface area contributed by atoms with E-state index in [4.69, 9.17) is 0 Å². The number of fused-ring (bicyclic) bond motifs is 20. The lowest BCUT2D eigenvalue weighted by Crippen LogP contribution is -2.21. The van der Waals surface area contributed by atoms with Crippen molar-refractivity contribution in [1.82, 2.24) is 19.7 Å². The Morgan fingerprint density at radius 1 is 0.448 bits per heavy atom. The Hall–Kier alpha value is -7.01. The molecule has 296 valence electrons. The van der Waals surface area contributed by atoms with Gasteiger partial charge in [-0.3, -0.25) is 0 Å². The van der Waals surface area contributed by atoms with E-state index in [0.29, 0.717) is 0 Å². The minimum absolute atomic E-state index is 0.219. The monoisotopic (exact) mass is 829 g/mol. The second-order valence-electron chi connectivity index (χ2n) is 12.4. The van der Waals surface area contributed by atoms with Gasteiger partial charge in [0.2, 0.25) is 0 Å². The number of aromatic amines is 3. The van der Waals surface area contributed by atoms with Gasteiger partial charge in [0, 0.05) is 11.9 Å². The number of anilines is 1. The SMILES string of the molecule is CCNc1c(F)c(F)c(F)c2c3[nH]c(c12)=Nc1[nH]c(c2c(F)c(F)c(F)c(F)c12)N=c1c2c(F)c(F)c(F)c(F)c2c(n1F)=Nc1[nH]c(c2cc(F)c(F)c(F)c12)N=3. The van der Waals surface area contributed by atoms with Gasteiger partial charge in [-0.1, -0.05) is 4.48 Å². The van der Waals surface area contributed by atoms with Crippen LogP contribution in [0, 0.1) is 81.4 Å². The summed E-state index contributed by atoms with van der Waals surface area (Å²) in [5.41, 5.74) is -6.05. The number of rotatable bonds is 2. The highest BCUT2D eigenvalue weighted by atomic mass is 19.2. The van der Waals surface area contributed by atoms with Crippen LogP contribution in [0.5, 0.6) is 0 Å². The highest BCUT2D eigenvalue weighted by Gasteiger charge is 2.32. The molecule has 0 amide bonds. The highest BCUT2D eigenvalue weighted by Crippen LogP contribution is 2.41. The summed E-state index contributed by atoms with van der Waals surface area (Å²) in [7, 11) is 0. The summed E-state index contributed by atoms with van der Waals surface area (Å²) in [4.78, 5) is 20.7. The van der Waals surface area contributed by atoms with Gasteiger partial charge in [0.1, 0.15) is 34.2 Å². The van der Waals surface area contributed by atoms with E-state index in [1.54, 1.807) is 0 Å². The summed E-state index contributed by atoms with van der Waals surface area (Å²) < 4.78 is 229. The van der Waals surface area contributed by atoms with Gasteiger partial charge in [0.05, 0.1) is 43.4 Å². The molecule has 0 saturated carbocycles. The van der Waals surface area contributed by atoms with Gasteiger partial charge >= 0.3 is 0 Å². The normalized spacial score (nSPS) is 12.8. The molecule has 8 bridgehead atoms. The van der Waals surface area contributed by atoms with E-state index >= 15 is 39.6 Å². The number of nitrogens with zero attached hydrogens (tertiary/aromatic N) is 5. The van der Waals surface area contributed by atoms with Gasteiger partial charge in [0.25, 0.3) is 0 Å². The van der Waals surface area contributed by atoms with E-state index in [1.807, 2.05) is 4.98 Å². The number of aromatic nitrogens is 4. The Bertz CT molecular complexity index is 3490.